The van der Waals surface area contributed by atoms with Crippen molar-refractivity contribution in [3.8, 4) is 0 Å². The second kappa shape index (κ2) is 22.9. The maximum absolute atomic E-state index is 6.49. The van der Waals surface area contributed by atoms with E-state index < -0.39 is 0 Å². The molecular weight excluding hydrogens is 897 g/mol. The summed E-state index contributed by atoms with van der Waals surface area (Å²) in [7, 11) is 0. The van der Waals surface area contributed by atoms with Gasteiger partial charge in [-0.2, -0.15) is 29.9 Å². The molecule has 0 bridgehead atoms. The molecule has 4 aliphatic rings. The van der Waals surface area contributed by atoms with E-state index >= 15 is 0 Å². The van der Waals surface area contributed by atoms with Gasteiger partial charge >= 0.3 is 0 Å². The highest BCUT2D eigenvalue weighted by molar-refractivity contribution is 5.44. The molecule has 0 aromatic carbocycles. The fourth-order valence-corrected chi connectivity index (χ4v) is 15.0. The highest BCUT2D eigenvalue weighted by Crippen LogP contribution is 2.39. The van der Waals surface area contributed by atoms with Crippen LogP contribution in [-0.2, 0) is 0 Å². The van der Waals surface area contributed by atoms with Crippen molar-refractivity contribution in [1.29, 1.82) is 0 Å². The number of anilines is 6. The zero-order chi connectivity index (χ0) is 53.0. The summed E-state index contributed by atoms with van der Waals surface area (Å²) in [6.07, 6.45) is 19.9. The fourth-order valence-electron chi connectivity index (χ4n) is 15.0. The Morgan fingerprint density at radius 2 is 0.681 bits per heavy atom. The van der Waals surface area contributed by atoms with Crippen LogP contribution >= 0.6 is 0 Å². The molecule has 410 valence electrons. The Labute approximate surface area is 438 Å². The van der Waals surface area contributed by atoms with Crippen LogP contribution < -0.4 is 53.2 Å². The Balaban J connectivity index is 1.08. The molecule has 0 unspecified atom stereocenters. The molecule has 6 rings (SSSR count). The number of piperidine rings is 4. The average molecular weight is 1000 g/mol. The minimum atomic E-state index is -0.0415. The van der Waals surface area contributed by atoms with Gasteiger partial charge in [-0.1, -0.05) is 38.5 Å². The summed E-state index contributed by atoms with van der Waals surface area (Å²) >= 11 is 0. The molecule has 0 atom stereocenters. The van der Waals surface area contributed by atoms with Crippen molar-refractivity contribution in [1.82, 2.24) is 51.2 Å². The third-order valence-electron chi connectivity index (χ3n) is 15.8. The van der Waals surface area contributed by atoms with Crippen LogP contribution in [0.4, 0.5) is 35.7 Å². The van der Waals surface area contributed by atoms with Crippen molar-refractivity contribution in [2.24, 2.45) is 11.8 Å². The standard InChI is InChI=1S/C56H106N16/c1-49(2)31-39(32-50(3,4)67-49)25-19-21-27-59-45-61-43(57)63-47(65-45)71(41-35-53(9,10)69-54(11,12)36-41)29-23-17-18-24-30-72(42-37-55(13,14)70-56(15,16)38-42)48-64-44(58)62-46(66-48)60-28-22-20-26-40-33-51(5,6)68-52(7,8)34-40/h39-42,67-70H,17-38H2,1-16H3,(H3,57,59,61,63,65)(H3,58,60,62,64,66). The normalized spacial score (nSPS) is 23.6. The number of nitrogen functional groups attached to an aromatic ring is 2. The summed E-state index contributed by atoms with van der Waals surface area (Å²) in [6.45, 7) is 40.5. The predicted molar refractivity (Wildman–Crippen MR) is 303 cm³/mol. The zero-order valence-electron chi connectivity index (χ0n) is 48.6. The molecule has 0 aliphatic carbocycles. The zero-order valence-corrected chi connectivity index (χ0v) is 48.6. The summed E-state index contributed by atoms with van der Waals surface area (Å²) in [6, 6.07) is 0.496. The van der Waals surface area contributed by atoms with Crippen molar-refractivity contribution in [2.75, 3.05) is 58.1 Å². The van der Waals surface area contributed by atoms with Gasteiger partial charge in [-0.25, -0.2) is 0 Å². The van der Waals surface area contributed by atoms with E-state index in [0.717, 1.165) is 102 Å². The minimum Gasteiger partial charge on any atom is -0.368 e. The summed E-state index contributed by atoms with van der Waals surface area (Å²) in [5.41, 5.74) is 13.5. The lowest BCUT2D eigenvalue weighted by Gasteiger charge is -2.49. The number of rotatable bonds is 23. The first kappa shape index (κ1) is 57.9. The molecule has 2 aromatic heterocycles. The lowest BCUT2D eigenvalue weighted by atomic mass is 9.74. The Bertz CT molecular complexity index is 1840. The van der Waals surface area contributed by atoms with Gasteiger partial charge in [0.15, 0.2) is 0 Å². The molecule has 0 radical (unpaired) electrons. The summed E-state index contributed by atoms with van der Waals surface area (Å²) in [5.74, 6) is 4.50. The van der Waals surface area contributed by atoms with Crippen LogP contribution in [-0.4, -0.2) is 112 Å². The smallest absolute Gasteiger partial charge is 0.232 e. The van der Waals surface area contributed by atoms with Gasteiger partial charge < -0.3 is 53.2 Å². The Hall–Kier alpha value is -3.34. The monoisotopic (exact) mass is 1000 g/mol. The number of nitrogens with zero attached hydrogens (tertiary/aromatic N) is 8. The maximum atomic E-state index is 6.49. The molecule has 10 N–H and O–H groups in total. The van der Waals surface area contributed by atoms with Crippen molar-refractivity contribution < 1.29 is 0 Å². The van der Waals surface area contributed by atoms with E-state index in [2.05, 4.69) is 162 Å². The molecular formula is C56H106N16. The number of aromatic nitrogens is 6. The van der Waals surface area contributed by atoms with Gasteiger partial charge in [-0.05, 0) is 200 Å². The number of unbranched alkanes of at least 4 members (excludes halogenated alkanes) is 5. The molecule has 0 amide bonds. The summed E-state index contributed by atoms with van der Waals surface area (Å²) in [5, 5.41) is 22.5. The van der Waals surface area contributed by atoms with E-state index in [0.29, 0.717) is 23.8 Å². The largest absolute Gasteiger partial charge is 0.368 e. The maximum Gasteiger partial charge on any atom is 0.232 e. The average Bonchev–Trinajstić information content (AvgIpc) is 3.16. The second-order valence-corrected chi connectivity index (χ2v) is 28.5. The Morgan fingerprint density at radius 1 is 0.389 bits per heavy atom. The third-order valence-corrected chi connectivity index (χ3v) is 15.8. The second-order valence-electron chi connectivity index (χ2n) is 28.5. The first-order valence-corrected chi connectivity index (χ1v) is 28.5. The van der Waals surface area contributed by atoms with Crippen molar-refractivity contribution in [3.05, 3.63) is 0 Å². The molecule has 0 spiro atoms. The van der Waals surface area contributed by atoms with E-state index in [9.17, 15) is 0 Å². The molecule has 0 saturated carbocycles. The Kier molecular flexibility index (Phi) is 18.4. The first-order valence-electron chi connectivity index (χ1n) is 28.5. The van der Waals surface area contributed by atoms with Gasteiger partial charge in [0.25, 0.3) is 0 Å². The number of hydrogen-bond donors (Lipinski definition) is 8. The van der Waals surface area contributed by atoms with E-state index in [-0.39, 0.29) is 68.3 Å². The Morgan fingerprint density at radius 3 is 0.986 bits per heavy atom. The highest BCUT2D eigenvalue weighted by atomic mass is 15.4. The molecule has 4 saturated heterocycles. The van der Waals surface area contributed by atoms with Crippen LogP contribution in [0.15, 0.2) is 0 Å². The molecule has 16 heteroatoms. The van der Waals surface area contributed by atoms with Crippen LogP contribution in [0.2, 0.25) is 0 Å². The lowest BCUT2D eigenvalue weighted by molar-refractivity contribution is 0.121. The summed E-state index contributed by atoms with van der Waals surface area (Å²) in [4.78, 5) is 33.9. The van der Waals surface area contributed by atoms with Gasteiger partial charge in [0, 0.05) is 82.6 Å². The van der Waals surface area contributed by atoms with E-state index in [4.69, 9.17) is 31.4 Å². The van der Waals surface area contributed by atoms with E-state index in [1.54, 1.807) is 0 Å². The number of nitrogens with one attached hydrogen (secondary N) is 6. The van der Waals surface area contributed by atoms with E-state index in [1.807, 2.05) is 0 Å². The lowest BCUT2D eigenvalue weighted by Crippen LogP contribution is -2.62. The third kappa shape index (κ3) is 18.2. The molecule has 4 aliphatic heterocycles. The van der Waals surface area contributed by atoms with Crippen molar-refractivity contribution >= 4 is 35.7 Å². The quantitative estimate of drug-likeness (QED) is 0.0487. The van der Waals surface area contributed by atoms with Gasteiger partial charge in [0.05, 0.1) is 0 Å². The minimum absolute atomic E-state index is 0.0415. The van der Waals surface area contributed by atoms with Gasteiger partial charge in [-0.15, -0.1) is 0 Å². The summed E-state index contributed by atoms with van der Waals surface area (Å²) < 4.78 is 0. The first-order chi connectivity index (χ1) is 33.3. The molecule has 6 heterocycles. The van der Waals surface area contributed by atoms with Crippen molar-refractivity contribution in [3.63, 3.8) is 0 Å². The van der Waals surface area contributed by atoms with Crippen LogP contribution in [0.25, 0.3) is 0 Å². The topological polar surface area (TPSA) is 208 Å². The van der Waals surface area contributed by atoms with Crippen molar-refractivity contribution in [2.45, 2.75) is 283 Å². The SMILES string of the molecule is CC1(C)CC(CCCCNc2nc(N)nc(N(CCCCCCN(c3nc(N)nc(NCCCCC4CC(C)(C)NC(C)(C)C4)n3)C3CC(C)(C)NC(C)(C)C3)C3CC(C)(C)NC(C)(C)C3)n2)CC(C)(C)N1. The molecule has 72 heavy (non-hydrogen) atoms. The highest BCUT2D eigenvalue weighted by Gasteiger charge is 2.43. The predicted octanol–water partition coefficient (Wildman–Crippen LogP) is 9.99. The number of nitrogens with two attached hydrogens (primary N) is 2. The fraction of sp³-hybridized carbons (Fsp3) is 0.893. The van der Waals surface area contributed by atoms with Gasteiger partial charge in [0.1, 0.15) is 0 Å². The molecule has 2 aromatic rings. The van der Waals surface area contributed by atoms with E-state index in [1.165, 1.54) is 51.4 Å². The van der Waals surface area contributed by atoms with Crippen LogP contribution in [0.3, 0.4) is 0 Å². The number of hydrogen-bond acceptors (Lipinski definition) is 16. The molecule has 4 fully saturated rings. The van der Waals surface area contributed by atoms with Crippen LogP contribution in [0.5, 0.6) is 0 Å². The van der Waals surface area contributed by atoms with Gasteiger partial charge in [-0.3, -0.25) is 0 Å². The molecule has 16 nitrogen and oxygen atoms in total. The van der Waals surface area contributed by atoms with Crippen LogP contribution in [0, 0.1) is 11.8 Å². The van der Waals surface area contributed by atoms with Crippen LogP contribution in [0.1, 0.15) is 226 Å². The van der Waals surface area contributed by atoms with Gasteiger partial charge in [0.2, 0.25) is 35.7 Å².